The van der Waals surface area contributed by atoms with Gasteiger partial charge in [-0.25, -0.2) is 0 Å². The number of benzene rings is 1. The molecule has 1 aromatic rings. The Kier molecular flexibility index (Phi) is 3.67. The van der Waals surface area contributed by atoms with E-state index in [1.807, 2.05) is 6.07 Å². The van der Waals surface area contributed by atoms with Gasteiger partial charge in [-0.15, -0.1) is 0 Å². The topological polar surface area (TPSA) is 32.3 Å². The summed E-state index contributed by atoms with van der Waals surface area (Å²) in [6.07, 6.45) is 0. The van der Waals surface area contributed by atoms with Crippen LogP contribution in [0.4, 0.5) is 0 Å². The van der Waals surface area contributed by atoms with E-state index in [4.69, 9.17) is 5.11 Å². The third kappa shape index (κ3) is 2.56. The molecule has 0 aliphatic rings. The summed E-state index contributed by atoms with van der Waals surface area (Å²) < 4.78 is 0. The number of aliphatic hydroxyl groups is 1. The molecule has 0 atom stereocenters. The summed E-state index contributed by atoms with van der Waals surface area (Å²) in [5.41, 5.74) is 2.70. The van der Waals surface area contributed by atoms with Gasteiger partial charge >= 0.3 is 0 Å². The number of aryl methyl sites for hydroxylation is 1. The van der Waals surface area contributed by atoms with Gasteiger partial charge in [0, 0.05) is 12.0 Å². The predicted octanol–water partition coefficient (Wildman–Crippen LogP) is 1.81. The highest BCUT2D eigenvalue weighted by molar-refractivity contribution is 5.32. The van der Waals surface area contributed by atoms with Crippen LogP contribution in [-0.2, 0) is 5.41 Å². The molecule has 0 aliphatic heterocycles. The molecule has 0 aliphatic carbocycles. The summed E-state index contributed by atoms with van der Waals surface area (Å²) in [5.74, 6) is 0. The Balaban J connectivity index is 2.86. The van der Waals surface area contributed by atoms with Crippen molar-refractivity contribution in [2.75, 3.05) is 13.3 Å². The average Bonchev–Trinajstić information content (AvgIpc) is 2.15. The van der Waals surface area contributed by atoms with Crippen LogP contribution in [0.5, 0.6) is 0 Å². The van der Waals surface area contributed by atoms with Crippen LogP contribution in [0, 0.1) is 6.92 Å². The molecule has 0 radical (unpaired) electrons. The van der Waals surface area contributed by atoms with Crippen LogP contribution in [0.2, 0.25) is 0 Å². The summed E-state index contributed by atoms with van der Waals surface area (Å²) >= 11 is 0. The quantitative estimate of drug-likeness (QED) is 0.715. The normalized spacial score (nSPS) is 11.7. The van der Waals surface area contributed by atoms with Crippen molar-refractivity contribution in [3.05, 3.63) is 35.4 Å². The molecule has 0 heterocycles. The fraction of sp³-hybridized carbons (Fsp3) is 0.500. The van der Waals surface area contributed by atoms with Crippen molar-refractivity contribution < 1.29 is 5.11 Å². The second-order valence-electron chi connectivity index (χ2n) is 4.28. The van der Waals surface area contributed by atoms with Gasteiger partial charge in [-0.05, 0) is 18.1 Å². The lowest BCUT2D eigenvalue weighted by Crippen LogP contribution is -2.33. The lowest BCUT2D eigenvalue weighted by atomic mass is 9.82. The molecule has 0 bridgehead atoms. The van der Waals surface area contributed by atoms with Crippen LogP contribution < -0.4 is 5.32 Å². The molecule has 0 saturated carbocycles. The van der Waals surface area contributed by atoms with Crippen LogP contribution in [0.3, 0.4) is 0 Å². The van der Waals surface area contributed by atoms with Gasteiger partial charge in [0.2, 0.25) is 0 Å². The van der Waals surface area contributed by atoms with Gasteiger partial charge in [-0.3, -0.25) is 5.32 Å². The van der Waals surface area contributed by atoms with Crippen LogP contribution in [-0.4, -0.2) is 18.4 Å². The van der Waals surface area contributed by atoms with Gasteiger partial charge in [0.1, 0.15) is 0 Å². The van der Waals surface area contributed by atoms with Crippen LogP contribution >= 0.6 is 0 Å². The zero-order chi connectivity index (χ0) is 10.6. The number of hydrogen-bond acceptors (Lipinski definition) is 2. The summed E-state index contributed by atoms with van der Waals surface area (Å²) in [7, 11) is 0. The fourth-order valence-electron chi connectivity index (χ4n) is 1.80. The average molecular weight is 193 g/mol. The summed E-state index contributed by atoms with van der Waals surface area (Å²) in [6, 6.07) is 8.38. The van der Waals surface area contributed by atoms with Crippen molar-refractivity contribution in [3.8, 4) is 0 Å². The number of rotatable bonds is 4. The Morgan fingerprint density at radius 2 is 1.93 bits per heavy atom. The molecule has 1 rings (SSSR count). The smallest absolute Gasteiger partial charge is 0.0931 e. The van der Waals surface area contributed by atoms with E-state index in [0.29, 0.717) is 0 Å². The highest BCUT2D eigenvalue weighted by Gasteiger charge is 2.21. The summed E-state index contributed by atoms with van der Waals surface area (Å²) in [4.78, 5) is 0. The van der Waals surface area contributed by atoms with Crippen molar-refractivity contribution in [2.24, 2.45) is 0 Å². The van der Waals surface area contributed by atoms with Gasteiger partial charge < -0.3 is 5.11 Å². The maximum Gasteiger partial charge on any atom is 0.0931 e. The number of nitrogens with one attached hydrogen (secondary N) is 1. The van der Waals surface area contributed by atoms with Crippen LogP contribution in [0.1, 0.15) is 25.0 Å². The Bertz CT molecular complexity index is 294. The zero-order valence-corrected chi connectivity index (χ0v) is 9.17. The SMILES string of the molecule is Cc1ccccc1C(C)(C)CNCO. The third-order valence-electron chi connectivity index (χ3n) is 2.55. The minimum Gasteiger partial charge on any atom is -0.381 e. The first-order chi connectivity index (χ1) is 6.58. The van der Waals surface area contributed by atoms with Crippen molar-refractivity contribution in [1.82, 2.24) is 5.32 Å². The predicted molar refractivity (Wildman–Crippen MR) is 59.3 cm³/mol. The van der Waals surface area contributed by atoms with E-state index in [0.717, 1.165) is 6.54 Å². The molecular formula is C12H19NO. The van der Waals surface area contributed by atoms with Crippen LogP contribution in [0.15, 0.2) is 24.3 Å². The van der Waals surface area contributed by atoms with Gasteiger partial charge in [0.15, 0.2) is 0 Å². The van der Waals surface area contributed by atoms with E-state index in [1.165, 1.54) is 11.1 Å². The van der Waals surface area contributed by atoms with Gasteiger partial charge in [-0.1, -0.05) is 38.1 Å². The Hall–Kier alpha value is -0.860. The molecule has 0 amide bonds. The van der Waals surface area contributed by atoms with Crippen molar-refractivity contribution in [1.29, 1.82) is 0 Å². The third-order valence-corrected chi connectivity index (χ3v) is 2.55. The second kappa shape index (κ2) is 4.58. The van der Waals surface area contributed by atoms with E-state index in [-0.39, 0.29) is 12.1 Å². The Morgan fingerprint density at radius 1 is 1.29 bits per heavy atom. The van der Waals surface area contributed by atoms with Gasteiger partial charge in [-0.2, -0.15) is 0 Å². The summed E-state index contributed by atoms with van der Waals surface area (Å²) in [6.45, 7) is 7.30. The van der Waals surface area contributed by atoms with Gasteiger partial charge in [0.25, 0.3) is 0 Å². The molecule has 2 N–H and O–H groups in total. The molecule has 78 valence electrons. The maximum atomic E-state index is 8.73. The van der Waals surface area contributed by atoms with Crippen molar-refractivity contribution >= 4 is 0 Å². The molecule has 2 heteroatoms. The van der Waals surface area contributed by atoms with Crippen LogP contribution in [0.25, 0.3) is 0 Å². The minimum absolute atomic E-state index is 0.0370. The molecule has 14 heavy (non-hydrogen) atoms. The van der Waals surface area contributed by atoms with Crippen molar-refractivity contribution in [2.45, 2.75) is 26.2 Å². The van der Waals surface area contributed by atoms with E-state index in [9.17, 15) is 0 Å². The fourth-order valence-corrected chi connectivity index (χ4v) is 1.80. The number of hydrogen-bond donors (Lipinski definition) is 2. The first-order valence-electron chi connectivity index (χ1n) is 4.95. The molecular weight excluding hydrogens is 174 g/mol. The Labute approximate surface area is 86.0 Å². The largest absolute Gasteiger partial charge is 0.381 e. The molecule has 0 fully saturated rings. The van der Waals surface area contributed by atoms with E-state index in [2.05, 4.69) is 44.3 Å². The van der Waals surface area contributed by atoms with Crippen molar-refractivity contribution in [3.63, 3.8) is 0 Å². The van der Waals surface area contributed by atoms with E-state index < -0.39 is 0 Å². The zero-order valence-electron chi connectivity index (χ0n) is 9.17. The monoisotopic (exact) mass is 193 g/mol. The van der Waals surface area contributed by atoms with Gasteiger partial charge in [0.05, 0.1) is 6.73 Å². The molecule has 1 aromatic carbocycles. The second-order valence-corrected chi connectivity index (χ2v) is 4.28. The highest BCUT2D eigenvalue weighted by atomic mass is 16.3. The Morgan fingerprint density at radius 3 is 2.50 bits per heavy atom. The first kappa shape index (κ1) is 11.2. The highest BCUT2D eigenvalue weighted by Crippen LogP contribution is 2.25. The molecule has 0 aromatic heterocycles. The van der Waals surface area contributed by atoms with E-state index >= 15 is 0 Å². The number of aliphatic hydroxyl groups excluding tert-OH is 1. The molecule has 0 unspecified atom stereocenters. The maximum absolute atomic E-state index is 8.73. The molecule has 0 saturated heterocycles. The lowest BCUT2D eigenvalue weighted by Gasteiger charge is -2.27. The standard InChI is InChI=1S/C12H19NO/c1-10-6-4-5-7-11(10)12(2,3)8-13-9-14/h4-7,13-14H,8-9H2,1-3H3. The van der Waals surface area contributed by atoms with E-state index in [1.54, 1.807) is 0 Å². The first-order valence-corrected chi connectivity index (χ1v) is 4.95. The molecule has 2 nitrogen and oxygen atoms in total. The molecule has 0 spiro atoms. The lowest BCUT2D eigenvalue weighted by molar-refractivity contribution is 0.247. The summed E-state index contributed by atoms with van der Waals surface area (Å²) in [5, 5.41) is 11.7. The minimum atomic E-state index is 0.0370.